The minimum Gasteiger partial charge on any atom is -0.280 e. The number of rotatable bonds is 4. The molecule has 0 fully saturated rings. The highest BCUT2D eigenvalue weighted by Gasteiger charge is 2.27. The minimum atomic E-state index is -3.95. The Morgan fingerprint density at radius 3 is 2.72 bits per heavy atom. The number of benzene rings is 1. The number of fused-ring (bicyclic) bond motifs is 1. The largest absolute Gasteiger partial charge is 0.280 e. The van der Waals surface area contributed by atoms with Gasteiger partial charge in [-0.2, -0.15) is 0 Å². The van der Waals surface area contributed by atoms with E-state index in [1.165, 1.54) is 6.08 Å². The fourth-order valence-electron chi connectivity index (χ4n) is 3.39. The predicted octanol–water partition coefficient (Wildman–Crippen LogP) is 5.18. The van der Waals surface area contributed by atoms with Crippen LogP contribution < -0.4 is 4.72 Å². The topological polar surface area (TPSA) is 59.1 Å². The molecule has 8 heteroatoms. The first-order valence-corrected chi connectivity index (χ1v) is 11.3. The van der Waals surface area contributed by atoms with Crippen molar-refractivity contribution in [1.29, 1.82) is 0 Å². The number of hydrogen-bond donors (Lipinski definition) is 1. The van der Waals surface area contributed by atoms with Gasteiger partial charge < -0.3 is 0 Å². The van der Waals surface area contributed by atoms with E-state index in [1.54, 1.807) is 18.3 Å². The molecule has 0 saturated heterocycles. The zero-order valence-corrected chi connectivity index (χ0v) is 17.5. The first-order chi connectivity index (χ1) is 13.8. The third-order valence-electron chi connectivity index (χ3n) is 4.77. The lowest BCUT2D eigenvalue weighted by Crippen LogP contribution is -2.27. The maximum Gasteiger partial charge on any atom is 0.263 e. The van der Waals surface area contributed by atoms with Crippen LogP contribution >= 0.6 is 23.2 Å². The summed E-state index contributed by atoms with van der Waals surface area (Å²) in [6.07, 6.45) is 6.61. The van der Waals surface area contributed by atoms with Crippen molar-refractivity contribution in [2.24, 2.45) is 0 Å². The molecule has 0 bridgehead atoms. The van der Waals surface area contributed by atoms with E-state index >= 15 is 0 Å². The van der Waals surface area contributed by atoms with Crippen LogP contribution in [0.4, 0.5) is 4.39 Å². The molecule has 4 rings (SSSR count). The van der Waals surface area contributed by atoms with Gasteiger partial charge in [0.25, 0.3) is 10.0 Å². The molecule has 0 amide bonds. The van der Waals surface area contributed by atoms with Gasteiger partial charge in [0.2, 0.25) is 0 Å². The summed E-state index contributed by atoms with van der Waals surface area (Å²) in [4.78, 5) is 4.36. The second-order valence-electron chi connectivity index (χ2n) is 6.78. The molecule has 1 aromatic carbocycles. The van der Waals surface area contributed by atoms with E-state index in [9.17, 15) is 12.8 Å². The van der Waals surface area contributed by atoms with E-state index in [1.807, 2.05) is 30.3 Å². The van der Waals surface area contributed by atoms with Crippen molar-refractivity contribution < 1.29 is 12.8 Å². The number of nitrogens with zero attached hydrogens (tertiary/aromatic N) is 1. The van der Waals surface area contributed by atoms with Crippen molar-refractivity contribution in [3.63, 3.8) is 0 Å². The molecule has 0 saturated carbocycles. The van der Waals surface area contributed by atoms with Crippen LogP contribution in [0.15, 0.2) is 76.5 Å². The van der Waals surface area contributed by atoms with E-state index in [0.29, 0.717) is 17.8 Å². The molecular formula is C21H17Cl2FN2O2S. The van der Waals surface area contributed by atoms with Crippen LogP contribution in [0.1, 0.15) is 18.5 Å². The van der Waals surface area contributed by atoms with Crippen molar-refractivity contribution in [2.75, 3.05) is 0 Å². The lowest BCUT2D eigenvalue weighted by molar-refractivity contribution is 0.400. The fraction of sp³-hybridized carbons (Fsp3) is 0.190. The molecule has 1 N–H and O–H groups in total. The zero-order chi connectivity index (χ0) is 20.6. The van der Waals surface area contributed by atoms with E-state index in [0.717, 1.165) is 22.4 Å². The standard InChI is InChI=1S/C21H17Cl2FN2O2S/c22-18-7-6-15(26-29(27,28)20-8-5-14(24)11-19(20)23)12-17(18)21-16-4-2-1-3-13(16)9-10-25-21/h1-4,6,8-12,14,18,26H,5,7H2. The summed E-state index contributed by atoms with van der Waals surface area (Å²) in [6, 6.07) is 9.70. The number of pyridine rings is 1. The van der Waals surface area contributed by atoms with Crippen molar-refractivity contribution >= 4 is 49.6 Å². The molecule has 0 radical (unpaired) electrons. The molecule has 2 aliphatic rings. The highest BCUT2D eigenvalue weighted by molar-refractivity contribution is 7.93. The summed E-state index contributed by atoms with van der Waals surface area (Å²) in [6.45, 7) is 0. The normalized spacial score (nSPS) is 22.4. The van der Waals surface area contributed by atoms with Crippen LogP contribution in [0.5, 0.6) is 0 Å². The molecule has 0 aliphatic heterocycles. The number of hydrogen-bond acceptors (Lipinski definition) is 3. The van der Waals surface area contributed by atoms with E-state index in [-0.39, 0.29) is 21.7 Å². The SMILES string of the molecule is O=S(=O)(NC1=CCC(Cl)C(c2nccc3ccccc23)=C1)C1=CCC(F)C=C1Cl. The molecule has 1 heterocycles. The van der Waals surface area contributed by atoms with Gasteiger partial charge in [-0.05, 0) is 35.6 Å². The monoisotopic (exact) mass is 450 g/mol. The lowest BCUT2D eigenvalue weighted by Gasteiger charge is -2.21. The average molecular weight is 451 g/mol. The molecular weight excluding hydrogens is 434 g/mol. The first-order valence-electron chi connectivity index (χ1n) is 9.00. The van der Waals surface area contributed by atoms with Gasteiger partial charge in [-0.25, -0.2) is 12.8 Å². The Labute approximate surface area is 178 Å². The number of sulfonamides is 1. The molecule has 150 valence electrons. The minimum absolute atomic E-state index is 0.0315. The lowest BCUT2D eigenvalue weighted by atomic mass is 9.96. The van der Waals surface area contributed by atoms with Gasteiger partial charge in [0.05, 0.1) is 16.1 Å². The second-order valence-corrected chi connectivity index (χ2v) is 9.37. The quantitative estimate of drug-likeness (QED) is 0.652. The molecule has 4 nitrogen and oxygen atoms in total. The summed E-state index contributed by atoms with van der Waals surface area (Å²) >= 11 is 12.5. The average Bonchev–Trinajstić information content (AvgIpc) is 2.68. The Morgan fingerprint density at radius 1 is 1.14 bits per heavy atom. The molecule has 2 atom stereocenters. The van der Waals surface area contributed by atoms with Crippen LogP contribution in [-0.4, -0.2) is 25.0 Å². The van der Waals surface area contributed by atoms with Crippen molar-refractivity contribution in [2.45, 2.75) is 24.4 Å². The predicted molar refractivity (Wildman–Crippen MR) is 116 cm³/mol. The van der Waals surface area contributed by atoms with Gasteiger partial charge in [0, 0.05) is 23.7 Å². The maximum absolute atomic E-state index is 13.4. The van der Waals surface area contributed by atoms with E-state index in [2.05, 4.69) is 9.71 Å². The summed E-state index contributed by atoms with van der Waals surface area (Å²) in [5.74, 6) is 0. The van der Waals surface area contributed by atoms with Gasteiger partial charge in [-0.3, -0.25) is 9.71 Å². The number of halogens is 3. The van der Waals surface area contributed by atoms with Crippen molar-refractivity contribution in [3.05, 3.63) is 82.2 Å². The van der Waals surface area contributed by atoms with E-state index in [4.69, 9.17) is 23.2 Å². The Hall–Kier alpha value is -2.15. The van der Waals surface area contributed by atoms with Gasteiger partial charge in [0.1, 0.15) is 11.1 Å². The molecule has 0 spiro atoms. The summed E-state index contributed by atoms with van der Waals surface area (Å²) in [5, 5.41) is 1.49. The van der Waals surface area contributed by atoms with Crippen LogP contribution in [0.25, 0.3) is 16.3 Å². The zero-order valence-electron chi connectivity index (χ0n) is 15.1. The smallest absolute Gasteiger partial charge is 0.263 e. The number of nitrogens with one attached hydrogen (secondary N) is 1. The fourth-order valence-corrected chi connectivity index (χ4v) is 5.36. The summed E-state index contributed by atoms with van der Waals surface area (Å²) in [5.41, 5.74) is 1.81. The van der Waals surface area contributed by atoms with E-state index < -0.39 is 16.2 Å². The molecule has 29 heavy (non-hydrogen) atoms. The number of allylic oxidation sites excluding steroid dienone is 6. The molecule has 2 aliphatic carbocycles. The Morgan fingerprint density at radius 2 is 1.93 bits per heavy atom. The van der Waals surface area contributed by atoms with Crippen LogP contribution in [0.2, 0.25) is 0 Å². The van der Waals surface area contributed by atoms with Gasteiger partial charge >= 0.3 is 0 Å². The van der Waals surface area contributed by atoms with Crippen LogP contribution in [0, 0.1) is 0 Å². The number of aromatic nitrogens is 1. The Bertz CT molecular complexity index is 1200. The highest BCUT2D eigenvalue weighted by Crippen LogP contribution is 2.34. The summed E-state index contributed by atoms with van der Waals surface area (Å²) < 4.78 is 41.5. The second kappa shape index (κ2) is 7.94. The van der Waals surface area contributed by atoms with Crippen molar-refractivity contribution in [3.8, 4) is 0 Å². The molecule has 1 aromatic heterocycles. The van der Waals surface area contributed by atoms with Crippen LogP contribution in [-0.2, 0) is 10.0 Å². The Kier molecular flexibility index (Phi) is 5.51. The maximum atomic E-state index is 13.4. The van der Waals surface area contributed by atoms with Gasteiger partial charge in [-0.1, -0.05) is 48.0 Å². The molecule has 2 unspecified atom stereocenters. The van der Waals surface area contributed by atoms with Gasteiger partial charge in [0.15, 0.2) is 0 Å². The third-order valence-corrected chi connectivity index (χ3v) is 7.10. The first kappa shape index (κ1) is 20.1. The Balaban J connectivity index is 1.68. The number of alkyl halides is 2. The van der Waals surface area contributed by atoms with Gasteiger partial charge in [-0.15, -0.1) is 11.6 Å². The third kappa shape index (κ3) is 4.10. The van der Waals surface area contributed by atoms with Crippen LogP contribution in [0.3, 0.4) is 0 Å². The molecule has 2 aromatic rings. The highest BCUT2D eigenvalue weighted by atomic mass is 35.5. The summed E-state index contributed by atoms with van der Waals surface area (Å²) in [7, 11) is -3.95. The van der Waals surface area contributed by atoms with Crippen molar-refractivity contribution in [1.82, 2.24) is 9.71 Å².